The molecule has 0 saturated carbocycles. The quantitative estimate of drug-likeness (QED) is 0.785. The zero-order valence-electron chi connectivity index (χ0n) is 13.3. The van der Waals surface area contributed by atoms with Gasteiger partial charge in [-0.05, 0) is 18.4 Å². The van der Waals surface area contributed by atoms with Crippen LogP contribution < -0.4 is 0 Å². The molecule has 0 aromatic heterocycles. The molecule has 1 atom stereocenters. The highest BCUT2D eigenvalue weighted by atomic mass is 16.6. The van der Waals surface area contributed by atoms with Gasteiger partial charge in [-0.3, -0.25) is 4.90 Å². The average molecular weight is 305 g/mol. The first-order chi connectivity index (χ1) is 10.4. The van der Waals surface area contributed by atoms with E-state index in [9.17, 15) is 14.7 Å². The summed E-state index contributed by atoms with van der Waals surface area (Å²) in [6.07, 6.45) is 0.802. The lowest BCUT2D eigenvalue weighted by molar-refractivity contribution is -0.144. The van der Waals surface area contributed by atoms with Crippen LogP contribution in [0.5, 0.6) is 0 Å². The summed E-state index contributed by atoms with van der Waals surface area (Å²) in [5, 5.41) is 9.45. The first-order valence-electron chi connectivity index (χ1n) is 7.19. The Kier molecular flexibility index (Phi) is 6.63. The number of aliphatic carboxylic acids is 1. The van der Waals surface area contributed by atoms with Gasteiger partial charge in [-0.15, -0.1) is 0 Å². The lowest BCUT2D eigenvalue weighted by Crippen LogP contribution is -2.47. The molecule has 0 spiro atoms. The lowest BCUT2D eigenvalue weighted by atomic mass is 10.0. The van der Waals surface area contributed by atoms with Crippen molar-refractivity contribution >= 4 is 12.1 Å². The lowest BCUT2D eigenvalue weighted by Gasteiger charge is -2.30. The summed E-state index contributed by atoms with van der Waals surface area (Å²) in [6.45, 7) is 9.21. The Bertz CT molecular complexity index is 539. The summed E-state index contributed by atoms with van der Waals surface area (Å²) in [5.41, 5.74) is 1.91. The van der Waals surface area contributed by atoms with Gasteiger partial charge in [0.05, 0.1) is 0 Å². The van der Waals surface area contributed by atoms with Gasteiger partial charge < -0.3 is 9.84 Å². The van der Waals surface area contributed by atoms with Crippen LogP contribution in [0.4, 0.5) is 4.79 Å². The summed E-state index contributed by atoms with van der Waals surface area (Å²) in [6, 6.07) is 6.66. The van der Waals surface area contributed by atoms with E-state index in [2.05, 4.69) is 6.58 Å². The molecule has 0 saturated heterocycles. The first kappa shape index (κ1) is 17.8. The highest BCUT2D eigenvalue weighted by Crippen LogP contribution is 2.17. The van der Waals surface area contributed by atoms with Crippen molar-refractivity contribution in [2.24, 2.45) is 5.92 Å². The van der Waals surface area contributed by atoms with E-state index in [0.717, 1.165) is 11.1 Å². The molecule has 0 bridgehead atoms. The number of nitrogens with zero attached hydrogens (tertiary/aromatic N) is 1. The maximum Gasteiger partial charge on any atom is 0.411 e. The summed E-state index contributed by atoms with van der Waals surface area (Å²) in [5.74, 6) is -1.28. The molecule has 0 aliphatic carbocycles. The monoisotopic (exact) mass is 305 g/mol. The summed E-state index contributed by atoms with van der Waals surface area (Å²) in [4.78, 5) is 25.0. The molecule has 0 heterocycles. The topological polar surface area (TPSA) is 66.8 Å². The smallest absolute Gasteiger partial charge is 0.411 e. The first-order valence-corrected chi connectivity index (χ1v) is 7.19. The molecule has 1 amide bonds. The summed E-state index contributed by atoms with van der Waals surface area (Å²) < 4.78 is 5.04. The minimum absolute atomic E-state index is 0.0492. The fourth-order valence-electron chi connectivity index (χ4n) is 2.28. The third kappa shape index (κ3) is 4.91. The third-order valence-corrected chi connectivity index (χ3v) is 3.21. The fraction of sp³-hybridized carbons (Fsp3) is 0.412. The van der Waals surface area contributed by atoms with E-state index in [1.165, 1.54) is 11.0 Å². The molecule has 0 fully saturated rings. The fourth-order valence-corrected chi connectivity index (χ4v) is 2.28. The van der Waals surface area contributed by atoms with Crippen LogP contribution in [0.1, 0.15) is 25.0 Å². The number of aryl methyl sites for hydroxylation is 1. The van der Waals surface area contributed by atoms with Crippen molar-refractivity contribution in [3.63, 3.8) is 0 Å². The highest BCUT2D eigenvalue weighted by Gasteiger charge is 2.33. The van der Waals surface area contributed by atoms with Gasteiger partial charge in [-0.1, -0.05) is 56.3 Å². The van der Waals surface area contributed by atoms with Crippen molar-refractivity contribution in [3.8, 4) is 0 Å². The molecular weight excluding hydrogens is 282 g/mol. The van der Waals surface area contributed by atoms with E-state index >= 15 is 0 Å². The Hall–Kier alpha value is -2.30. The van der Waals surface area contributed by atoms with Crippen molar-refractivity contribution in [2.75, 3.05) is 6.61 Å². The number of rotatable bonds is 7. The second-order valence-electron chi connectivity index (χ2n) is 5.51. The Labute approximate surface area is 131 Å². The van der Waals surface area contributed by atoms with Crippen LogP contribution in [-0.2, 0) is 16.1 Å². The van der Waals surface area contributed by atoms with Gasteiger partial charge in [0.15, 0.2) is 0 Å². The Balaban J connectivity index is 3.06. The van der Waals surface area contributed by atoms with Crippen LogP contribution >= 0.6 is 0 Å². The molecule has 5 heteroatoms. The number of hydrogen-bond acceptors (Lipinski definition) is 3. The van der Waals surface area contributed by atoms with Crippen LogP contribution in [0.2, 0.25) is 0 Å². The third-order valence-electron chi connectivity index (χ3n) is 3.21. The van der Waals surface area contributed by atoms with E-state index in [4.69, 9.17) is 4.74 Å². The predicted octanol–water partition coefficient (Wildman–Crippen LogP) is 3.23. The number of carboxylic acids is 1. The number of carbonyl (C=O) groups is 2. The molecule has 120 valence electrons. The van der Waals surface area contributed by atoms with Crippen molar-refractivity contribution in [1.82, 2.24) is 4.90 Å². The number of ether oxygens (including phenoxy) is 1. The summed E-state index contributed by atoms with van der Waals surface area (Å²) in [7, 11) is 0. The minimum Gasteiger partial charge on any atom is -0.480 e. The van der Waals surface area contributed by atoms with Crippen molar-refractivity contribution < 1.29 is 19.4 Å². The Morgan fingerprint density at radius 3 is 2.59 bits per heavy atom. The number of amides is 1. The van der Waals surface area contributed by atoms with Crippen molar-refractivity contribution in [1.29, 1.82) is 0 Å². The van der Waals surface area contributed by atoms with Gasteiger partial charge in [0, 0.05) is 6.54 Å². The molecule has 0 aliphatic heterocycles. The molecule has 22 heavy (non-hydrogen) atoms. The van der Waals surface area contributed by atoms with E-state index in [1.807, 2.05) is 31.2 Å². The van der Waals surface area contributed by atoms with E-state index in [0.29, 0.717) is 0 Å². The Morgan fingerprint density at radius 2 is 2.09 bits per heavy atom. The van der Waals surface area contributed by atoms with Crippen LogP contribution in [0.15, 0.2) is 36.9 Å². The second-order valence-corrected chi connectivity index (χ2v) is 5.51. The van der Waals surface area contributed by atoms with E-state index in [-0.39, 0.29) is 19.1 Å². The summed E-state index contributed by atoms with van der Waals surface area (Å²) >= 11 is 0. The van der Waals surface area contributed by atoms with Crippen LogP contribution in [0.25, 0.3) is 0 Å². The van der Waals surface area contributed by atoms with Crippen LogP contribution in [-0.4, -0.2) is 34.7 Å². The second kappa shape index (κ2) is 8.22. The molecule has 1 aromatic rings. The number of hydrogen-bond donors (Lipinski definition) is 1. The molecule has 1 unspecified atom stereocenters. The molecule has 0 aliphatic rings. The highest BCUT2D eigenvalue weighted by molar-refractivity contribution is 5.80. The molecule has 0 radical (unpaired) electrons. The molecule has 5 nitrogen and oxygen atoms in total. The molecule has 1 aromatic carbocycles. The van der Waals surface area contributed by atoms with Crippen molar-refractivity contribution in [3.05, 3.63) is 48.0 Å². The van der Waals surface area contributed by atoms with Gasteiger partial charge >= 0.3 is 12.1 Å². The standard InChI is InChI=1S/C17H23NO4/c1-5-9-22-17(21)18(15(12(2)3)16(19)20)11-14-8-6-7-13(4)10-14/h5-8,10,12,15H,1,9,11H2,2-4H3,(H,19,20). The van der Waals surface area contributed by atoms with Gasteiger partial charge in [0.2, 0.25) is 0 Å². The zero-order chi connectivity index (χ0) is 16.7. The number of carboxylic acid groups (broad SMARTS) is 1. The van der Waals surface area contributed by atoms with E-state index < -0.39 is 18.1 Å². The molecule has 1 N–H and O–H groups in total. The van der Waals surface area contributed by atoms with Gasteiger partial charge in [0.1, 0.15) is 12.6 Å². The number of benzene rings is 1. The van der Waals surface area contributed by atoms with E-state index in [1.54, 1.807) is 13.8 Å². The van der Waals surface area contributed by atoms with Gasteiger partial charge in [-0.2, -0.15) is 0 Å². The molecular formula is C17H23NO4. The number of carbonyl (C=O) groups excluding carboxylic acids is 1. The normalized spacial score (nSPS) is 11.8. The maximum absolute atomic E-state index is 12.2. The molecule has 1 rings (SSSR count). The van der Waals surface area contributed by atoms with Gasteiger partial charge in [0.25, 0.3) is 0 Å². The Morgan fingerprint density at radius 1 is 1.41 bits per heavy atom. The van der Waals surface area contributed by atoms with Crippen LogP contribution in [0.3, 0.4) is 0 Å². The van der Waals surface area contributed by atoms with Crippen LogP contribution in [0, 0.1) is 12.8 Å². The largest absolute Gasteiger partial charge is 0.480 e. The maximum atomic E-state index is 12.2. The SMILES string of the molecule is C=CCOC(=O)N(Cc1cccc(C)c1)C(C(=O)O)C(C)C. The zero-order valence-corrected chi connectivity index (χ0v) is 13.3. The predicted molar refractivity (Wildman–Crippen MR) is 84.5 cm³/mol. The van der Waals surface area contributed by atoms with Gasteiger partial charge in [-0.25, -0.2) is 9.59 Å². The minimum atomic E-state index is -1.04. The average Bonchev–Trinajstić information content (AvgIpc) is 2.43. The van der Waals surface area contributed by atoms with Crippen molar-refractivity contribution in [2.45, 2.75) is 33.4 Å².